The van der Waals surface area contributed by atoms with Crippen molar-refractivity contribution in [3.8, 4) is 0 Å². The summed E-state index contributed by atoms with van der Waals surface area (Å²) in [5, 5.41) is 2.85. The second kappa shape index (κ2) is 9.73. The molecule has 1 atom stereocenters. The summed E-state index contributed by atoms with van der Waals surface area (Å²) in [6.07, 6.45) is 2.01. The highest BCUT2D eigenvalue weighted by Gasteiger charge is 2.24. The Morgan fingerprint density at radius 3 is 2.57 bits per heavy atom. The summed E-state index contributed by atoms with van der Waals surface area (Å²) in [6, 6.07) is 8.48. The average Bonchev–Trinajstić information content (AvgIpc) is 3.22. The molecule has 0 aliphatic heterocycles. The predicted molar refractivity (Wildman–Crippen MR) is 105 cm³/mol. The number of benzene rings is 1. The Morgan fingerprint density at radius 2 is 1.93 bits per heavy atom. The quantitative estimate of drug-likeness (QED) is 0.703. The highest BCUT2D eigenvalue weighted by Crippen LogP contribution is 2.18. The molecule has 0 aliphatic rings. The summed E-state index contributed by atoms with van der Waals surface area (Å²) in [5.41, 5.74) is 2.76. The molecule has 2 amide bonds. The van der Waals surface area contributed by atoms with E-state index in [1.54, 1.807) is 6.07 Å². The second-order valence-electron chi connectivity index (χ2n) is 6.63. The van der Waals surface area contributed by atoms with Crippen LogP contribution in [0.1, 0.15) is 41.9 Å². The van der Waals surface area contributed by atoms with Crippen LogP contribution in [0.5, 0.6) is 0 Å². The van der Waals surface area contributed by atoms with Gasteiger partial charge in [0.2, 0.25) is 11.7 Å². The van der Waals surface area contributed by atoms with E-state index in [0.717, 1.165) is 11.1 Å². The molecule has 0 saturated carbocycles. The first kappa shape index (κ1) is 21.2. The minimum Gasteiger partial charge on any atom is -0.457 e. The summed E-state index contributed by atoms with van der Waals surface area (Å²) in [7, 11) is 0. The smallest absolute Gasteiger partial charge is 0.374 e. The molecule has 1 aromatic carbocycles. The molecule has 7 nitrogen and oxygen atoms in total. The van der Waals surface area contributed by atoms with Gasteiger partial charge in [0, 0.05) is 11.7 Å². The Hall–Kier alpha value is -3.09. The van der Waals surface area contributed by atoms with E-state index in [1.165, 1.54) is 17.2 Å². The minimum absolute atomic E-state index is 0.0237. The number of esters is 1. The van der Waals surface area contributed by atoms with Crippen LogP contribution < -0.4 is 5.32 Å². The molecule has 7 heteroatoms. The van der Waals surface area contributed by atoms with Crippen LogP contribution in [0.15, 0.2) is 41.0 Å². The predicted octanol–water partition coefficient (Wildman–Crippen LogP) is 3.32. The highest BCUT2D eigenvalue weighted by molar-refractivity contribution is 5.96. The van der Waals surface area contributed by atoms with E-state index in [1.807, 2.05) is 45.9 Å². The van der Waals surface area contributed by atoms with Crippen LogP contribution in [-0.4, -0.2) is 41.9 Å². The van der Waals surface area contributed by atoms with Crippen LogP contribution >= 0.6 is 0 Å². The van der Waals surface area contributed by atoms with E-state index in [9.17, 15) is 14.4 Å². The zero-order chi connectivity index (χ0) is 20.7. The van der Waals surface area contributed by atoms with Gasteiger partial charge < -0.3 is 19.4 Å². The Labute approximate surface area is 164 Å². The van der Waals surface area contributed by atoms with Crippen LogP contribution in [0, 0.1) is 13.8 Å². The van der Waals surface area contributed by atoms with E-state index in [0.29, 0.717) is 12.1 Å². The van der Waals surface area contributed by atoms with Gasteiger partial charge in [-0.3, -0.25) is 9.59 Å². The molecule has 150 valence electrons. The maximum absolute atomic E-state index is 12.6. The zero-order valence-corrected chi connectivity index (χ0v) is 16.7. The Morgan fingerprint density at radius 1 is 1.18 bits per heavy atom. The van der Waals surface area contributed by atoms with E-state index >= 15 is 0 Å². The number of carbonyl (C=O) groups excluding carboxylic acids is 3. The first-order chi connectivity index (χ1) is 13.3. The van der Waals surface area contributed by atoms with Crippen molar-refractivity contribution in [2.75, 3.05) is 18.5 Å². The third-order valence-corrected chi connectivity index (χ3v) is 4.68. The number of carbonyl (C=O) groups is 3. The zero-order valence-electron chi connectivity index (χ0n) is 16.7. The van der Waals surface area contributed by atoms with Gasteiger partial charge in [0.25, 0.3) is 5.91 Å². The van der Waals surface area contributed by atoms with Gasteiger partial charge in [-0.05, 0) is 56.5 Å². The summed E-state index contributed by atoms with van der Waals surface area (Å²) in [5.74, 6) is -1.44. The standard InChI is InChI=1S/C21H26N2O5/c1-5-15(3)23(20(25)13-28-21(26)18-10-7-11-27-18)12-19(24)22-17-9-6-8-14(2)16(17)4/h6-11,15H,5,12-13H2,1-4H3,(H,22,24)/t15-/m1/s1. The summed E-state index contributed by atoms with van der Waals surface area (Å²) in [4.78, 5) is 38.3. The van der Waals surface area contributed by atoms with E-state index < -0.39 is 18.5 Å². The number of hydrogen-bond donors (Lipinski definition) is 1. The molecule has 28 heavy (non-hydrogen) atoms. The first-order valence-electron chi connectivity index (χ1n) is 9.19. The molecule has 0 radical (unpaired) electrons. The van der Waals surface area contributed by atoms with Crippen LogP contribution in [0.3, 0.4) is 0 Å². The Kier molecular flexibility index (Phi) is 7.37. The molecule has 2 aromatic rings. The third-order valence-electron chi connectivity index (χ3n) is 4.68. The monoisotopic (exact) mass is 386 g/mol. The minimum atomic E-state index is -0.720. The van der Waals surface area contributed by atoms with Gasteiger partial charge in [-0.1, -0.05) is 19.1 Å². The van der Waals surface area contributed by atoms with Gasteiger partial charge in [0.05, 0.1) is 6.26 Å². The van der Waals surface area contributed by atoms with Gasteiger partial charge in [-0.25, -0.2) is 4.79 Å². The molecule has 2 rings (SSSR count). The number of hydrogen-bond acceptors (Lipinski definition) is 5. The van der Waals surface area contributed by atoms with Crippen molar-refractivity contribution >= 4 is 23.5 Å². The van der Waals surface area contributed by atoms with Crippen molar-refractivity contribution in [2.24, 2.45) is 0 Å². The summed E-state index contributed by atoms with van der Waals surface area (Å²) in [6.45, 7) is 7.07. The van der Waals surface area contributed by atoms with Crippen molar-refractivity contribution in [3.63, 3.8) is 0 Å². The van der Waals surface area contributed by atoms with Crippen molar-refractivity contribution in [1.29, 1.82) is 0 Å². The van der Waals surface area contributed by atoms with Crippen LogP contribution in [-0.2, 0) is 14.3 Å². The van der Waals surface area contributed by atoms with Crippen LogP contribution in [0.2, 0.25) is 0 Å². The second-order valence-corrected chi connectivity index (χ2v) is 6.63. The lowest BCUT2D eigenvalue weighted by Crippen LogP contribution is -2.45. The average molecular weight is 386 g/mol. The number of anilines is 1. The lowest BCUT2D eigenvalue weighted by molar-refractivity contribution is -0.139. The van der Waals surface area contributed by atoms with Crippen LogP contribution in [0.4, 0.5) is 5.69 Å². The molecule has 1 heterocycles. The molecule has 0 fully saturated rings. The number of nitrogens with one attached hydrogen (secondary N) is 1. The number of rotatable bonds is 8. The maximum atomic E-state index is 12.6. The molecule has 1 aromatic heterocycles. The molecule has 0 spiro atoms. The highest BCUT2D eigenvalue weighted by atomic mass is 16.5. The van der Waals surface area contributed by atoms with Crippen molar-refractivity contribution in [1.82, 2.24) is 4.90 Å². The number of aryl methyl sites for hydroxylation is 1. The fourth-order valence-corrected chi connectivity index (χ4v) is 2.62. The molecule has 0 aliphatic carbocycles. The van der Waals surface area contributed by atoms with E-state index in [4.69, 9.17) is 9.15 Å². The fourth-order valence-electron chi connectivity index (χ4n) is 2.62. The summed E-state index contributed by atoms with van der Waals surface area (Å²) < 4.78 is 9.95. The molecule has 1 N–H and O–H groups in total. The van der Waals surface area contributed by atoms with Crippen molar-refractivity contribution in [3.05, 3.63) is 53.5 Å². The number of amides is 2. The molecule has 0 bridgehead atoms. The molecule has 0 saturated heterocycles. The van der Waals surface area contributed by atoms with Gasteiger partial charge in [0.15, 0.2) is 6.61 Å². The Bertz CT molecular complexity index is 829. The van der Waals surface area contributed by atoms with Crippen molar-refractivity contribution < 1.29 is 23.5 Å². The summed E-state index contributed by atoms with van der Waals surface area (Å²) >= 11 is 0. The van der Waals surface area contributed by atoms with Gasteiger partial charge in [-0.2, -0.15) is 0 Å². The van der Waals surface area contributed by atoms with Gasteiger partial charge >= 0.3 is 5.97 Å². The topological polar surface area (TPSA) is 88.9 Å². The number of furan rings is 1. The maximum Gasteiger partial charge on any atom is 0.374 e. The van der Waals surface area contributed by atoms with E-state index in [2.05, 4.69) is 5.32 Å². The SMILES string of the molecule is CC[C@@H](C)N(CC(=O)Nc1cccc(C)c1C)C(=O)COC(=O)c1ccco1. The van der Waals surface area contributed by atoms with Gasteiger partial charge in [-0.15, -0.1) is 0 Å². The fraction of sp³-hybridized carbons (Fsp3) is 0.381. The molecule has 0 unspecified atom stereocenters. The normalized spacial score (nSPS) is 11.6. The largest absolute Gasteiger partial charge is 0.457 e. The lowest BCUT2D eigenvalue weighted by Gasteiger charge is -2.28. The molecular weight excluding hydrogens is 360 g/mol. The van der Waals surface area contributed by atoms with Crippen LogP contribution in [0.25, 0.3) is 0 Å². The third kappa shape index (κ3) is 5.45. The number of nitrogens with zero attached hydrogens (tertiary/aromatic N) is 1. The Balaban J connectivity index is 1.99. The van der Waals surface area contributed by atoms with Gasteiger partial charge in [0.1, 0.15) is 6.54 Å². The first-order valence-corrected chi connectivity index (χ1v) is 9.19. The van der Waals surface area contributed by atoms with Crippen molar-refractivity contribution in [2.45, 2.75) is 40.2 Å². The molecular formula is C21H26N2O5. The van der Waals surface area contributed by atoms with E-state index in [-0.39, 0.29) is 24.3 Å². The number of ether oxygens (including phenoxy) is 1. The lowest BCUT2D eigenvalue weighted by atomic mass is 10.1.